The van der Waals surface area contributed by atoms with Crippen LogP contribution in [0.3, 0.4) is 0 Å². The monoisotopic (exact) mass is 282 g/mol. The Morgan fingerprint density at radius 2 is 1.40 bits per heavy atom. The fourth-order valence-electron chi connectivity index (χ4n) is 3.40. The lowest BCUT2D eigenvalue weighted by atomic mass is 9.79. The van der Waals surface area contributed by atoms with E-state index in [1.165, 1.54) is 83.5 Å². The summed E-state index contributed by atoms with van der Waals surface area (Å²) in [5, 5.41) is 0. The average molecular weight is 283 g/mol. The van der Waals surface area contributed by atoms with Gasteiger partial charge in [-0.2, -0.15) is 0 Å². The predicted octanol–water partition coefficient (Wildman–Crippen LogP) is 4.75. The van der Waals surface area contributed by atoms with Crippen LogP contribution < -0.4 is 11.5 Å². The summed E-state index contributed by atoms with van der Waals surface area (Å²) in [6, 6.07) is 0. The molecule has 120 valence electrons. The van der Waals surface area contributed by atoms with Crippen molar-refractivity contribution in [3.05, 3.63) is 0 Å². The highest BCUT2D eigenvalue weighted by molar-refractivity contribution is 4.86. The third-order valence-electron chi connectivity index (χ3n) is 5.18. The van der Waals surface area contributed by atoms with Crippen LogP contribution >= 0.6 is 0 Å². The molecule has 0 saturated heterocycles. The summed E-state index contributed by atoms with van der Waals surface area (Å²) in [6.45, 7) is 5.36. The highest BCUT2D eigenvalue weighted by Crippen LogP contribution is 2.30. The molecule has 1 fully saturated rings. The topological polar surface area (TPSA) is 52.0 Å². The van der Waals surface area contributed by atoms with Gasteiger partial charge >= 0.3 is 0 Å². The third-order valence-corrected chi connectivity index (χ3v) is 5.18. The Morgan fingerprint density at radius 1 is 0.850 bits per heavy atom. The molecule has 2 heteroatoms. The molecule has 1 aliphatic rings. The van der Waals surface area contributed by atoms with Crippen LogP contribution in [-0.4, -0.2) is 12.1 Å². The van der Waals surface area contributed by atoms with E-state index in [2.05, 4.69) is 13.8 Å². The van der Waals surface area contributed by atoms with Gasteiger partial charge in [0.1, 0.15) is 0 Å². The molecule has 0 spiro atoms. The molecule has 0 aromatic rings. The molecule has 0 amide bonds. The van der Waals surface area contributed by atoms with Crippen LogP contribution in [0.2, 0.25) is 0 Å². The zero-order valence-corrected chi connectivity index (χ0v) is 14.1. The van der Waals surface area contributed by atoms with Gasteiger partial charge in [0.2, 0.25) is 0 Å². The van der Waals surface area contributed by atoms with Crippen molar-refractivity contribution in [1.82, 2.24) is 0 Å². The van der Waals surface area contributed by atoms with Crippen LogP contribution in [-0.2, 0) is 0 Å². The molecular formula is C18H38N2. The van der Waals surface area contributed by atoms with Gasteiger partial charge in [-0.25, -0.2) is 0 Å². The van der Waals surface area contributed by atoms with Crippen LogP contribution in [0, 0.1) is 5.41 Å². The summed E-state index contributed by atoms with van der Waals surface area (Å²) in [6.07, 6.45) is 17.4. The molecule has 0 atom stereocenters. The van der Waals surface area contributed by atoms with Crippen LogP contribution in [0.25, 0.3) is 0 Å². The van der Waals surface area contributed by atoms with Gasteiger partial charge in [-0.05, 0) is 37.6 Å². The first-order valence-electron chi connectivity index (χ1n) is 8.96. The Morgan fingerprint density at radius 3 is 2.00 bits per heavy atom. The molecule has 1 rings (SSSR count). The van der Waals surface area contributed by atoms with E-state index in [1.807, 2.05) is 0 Å². The standard InChI is InChI=1S/C18H38N2/c1-17(2,16-19)12-8-5-3-4-6-9-13-18(20)14-10-7-11-15-18/h3-16,19-20H2,1-2H3. The van der Waals surface area contributed by atoms with Crippen molar-refractivity contribution >= 4 is 0 Å². The molecule has 0 radical (unpaired) electrons. The smallest absolute Gasteiger partial charge is 0.0154 e. The van der Waals surface area contributed by atoms with Gasteiger partial charge in [0.25, 0.3) is 0 Å². The fraction of sp³-hybridized carbons (Fsp3) is 1.00. The average Bonchev–Trinajstić information content (AvgIpc) is 2.42. The molecule has 0 bridgehead atoms. The van der Waals surface area contributed by atoms with Crippen molar-refractivity contribution < 1.29 is 0 Å². The van der Waals surface area contributed by atoms with Crippen LogP contribution in [0.1, 0.15) is 97.3 Å². The van der Waals surface area contributed by atoms with Crippen LogP contribution in [0.15, 0.2) is 0 Å². The zero-order valence-electron chi connectivity index (χ0n) is 14.1. The summed E-state index contributed by atoms with van der Waals surface area (Å²) in [5.41, 5.74) is 12.8. The number of rotatable bonds is 10. The second-order valence-electron chi connectivity index (χ2n) is 7.91. The second kappa shape index (κ2) is 9.04. The van der Waals surface area contributed by atoms with E-state index >= 15 is 0 Å². The van der Waals surface area contributed by atoms with E-state index in [4.69, 9.17) is 11.5 Å². The van der Waals surface area contributed by atoms with Crippen molar-refractivity contribution in [1.29, 1.82) is 0 Å². The van der Waals surface area contributed by atoms with Gasteiger partial charge in [0.15, 0.2) is 0 Å². The SMILES string of the molecule is CC(C)(CN)CCCCCCCCC1(N)CCCCC1. The highest BCUT2D eigenvalue weighted by Gasteiger charge is 2.26. The quantitative estimate of drug-likeness (QED) is 0.568. The van der Waals surface area contributed by atoms with Gasteiger partial charge in [-0.1, -0.05) is 71.6 Å². The maximum Gasteiger partial charge on any atom is 0.0154 e. The Hall–Kier alpha value is -0.0800. The van der Waals surface area contributed by atoms with Gasteiger partial charge in [0, 0.05) is 5.54 Å². The maximum atomic E-state index is 6.47. The minimum absolute atomic E-state index is 0.198. The summed E-state index contributed by atoms with van der Waals surface area (Å²) in [5.74, 6) is 0. The minimum Gasteiger partial charge on any atom is -0.330 e. The molecule has 0 heterocycles. The number of unbranched alkanes of at least 4 members (excludes halogenated alkanes) is 5. The Balaban J connectivity index is 1.92. The highest BCUT2D eigenvalue weighted by atomic mass is 14.7. The van der Waals surface area contributed by atoms with Gasteiger partial charge in [0.05, 0.1) is 0 Å². The van der Waals surface area contributed by atoms with E-state index < -0.39 is 0 Å². The minimum atomic E-state index is 0.198. The van der Waals surface area contributed by atoms with Crippen LogP contribution in [0.5, 0.6) is 0 Å². The summed E-state index contributed by atoms with van der Waals surface area (Å²) < 4.78 is 0. The van der Waals surface area contributed by atoms with Crippen molar-refractivity contribution in [2.45, 2.75) is 103 Å². The van der Waals surface area contributed by atoms with E-state index in [1.54, 1.807) is 0 Å². The first-order valence-corrected chi connectivity index (χ1v) is 8.96. The molecule has 0 aromatic heterocycles. The van der Waals surface area contributed by atoms with Gasteiger partial charge in [-0.3, -0.25) is 0 Å². The van der Waals surface area contributed by atoms with E-state index in [0.717, 1.165) is 6.54 Å². The molecule has 0 unspecified atom stereocenters. The molecule has 0 aromatic carbocycles. The molecule has 2 nitrogen and oxygen atoms in total. The van der Waals surface area contributed by atoms with Crippen molar-refractivity contribution in [3.63, 3.8) is 0 Å². The third kappa shape index (κ3) is 7.64. The lowest BCUT2D eigenvalue weighted by Gasteiger charge is -2.33. The van der Waals surface area contributed by atoms with E-state index in [0.29, 0.717) is 5.41 Å². The normalized spacial score (nSPS) is 19.2. The molecule has 4 N–H and O–H groups in total. The second-order valence-corrected chi connectivity index (χ2v) is 7.91. The van der Waals surface area contributed by atoms with E-state index in [9.17, 15) is 0 Å². The number of nitrogens with two attached hydrogens (primary N) is 2. The molecular weight excluding hydrogens is 244 g/mol. The number of hydrogen-bond acceptors (Lipinski definition) is 2. The lowest BCUT2D eigenvalue weighted by molar-refractivity contribution is 0.269. The first kappa shape index (κ1) is 18.0. The van der Waals surface area contributed by atoms with Crippen LogP contribution in [0.4, 0.5) is 0 Å². The fourth-order valence-corrected chi connectivity index (χ4v) is 3.40. The van der Waals surface area contributed by atoms with Gasteiger partial charge in [-0.15, -0.1) is 0 Å². The van der Waals surface area contributed by atoms with Gasteiger partial charge < -0.3 is 11.5 Å². The Kier molecular flexibility index (Phi) is 8.13. The molecule has 20 heavy (non-hydrogen) atoms. The molecule has 1 saturated carbocycles. The molecule has 1 aliphatic carbocycles. The summed E-state index contributed by atoms with van der Waals surface area (Å²) >= 11 is 0. The maximum absolute atomic E-state index is 6.47. The Bertz CT molecular complexity index is 242. The largest absolute Gasteiger partial charge is 0.330 e. The molecule has 0 aliphatic heterocycles. The lowest BCUT2D eigenvalue weighted by Crippen LogP contribution is -2.41. The predicted molar refractivity (Wildman–Crippen MR) is 89.8 cm³/mol. The van der Waals surface area contributed by atoms with Crippen molar-refractivity contribution in [2.24, 2.45) is 16.9 Å². The summed E-state index contributed by atoms with van der Waals surface area (Å²) in [4.78, 5) is 0. The van der Waals surface area contributed by atoms with E-state index in [-0.39, 0.29) is 5.54 Å². The Labute approximate surface area is 127 Å². The van der Waals surface area contributed by atoms with Crippen molar-refractivity contribution in [2.75, 3.05) is 6.54 Å². The zero-order chi connectivity index (χ0) is 14.9. The summed E-state index contributed by atoms with van der Waals surface area (Å²) in [7, 11) is 0. The number of hydrogen-bond donors (Lipinski definition) is 2. The van der Waals surface area contributed by atoms with Crippen molar-refractivity contribution in [3.8, 4) is 0 Å². The first-order chi connectivity index (χ1) is 9.47.